The van der Waals surface area contributed by atoms with E-state index < -0.39 is 13.9 Å². The Labute approximate surface area is 260 Å². The molecule has 0 aliphatic carbocycles. The molecule has 3 atom stereocenters. The van der Waals surface area contributed by atoms with Crippen molar-refractivity contribution in [2.45, 2.75) is 138 Å². The average molecular weight is 615 g/mol. The van der Waals surface area contributed by atoms with E-state index in [0.29, 0.717) is 13.1 Å². The standard InChI is InChI=1S/C33H56N3O4Si2/c1-15-32(9,10)33(11,12)27(40-41)26-23(16-17-38-42(13,14)31(6,7)8)18-24-19-25-21-35(29(37)39-30(3,4)5)20-22(2)36(25)28(24)34-26/h16-18,22,25,27H,15,19-21H2,1-14H3/t22-,25-,27?/m1/s1. The number of hydrogen-bond donors (Lipinski definition) is 0. The molecule has 2 aliphatic heterocycles. The molecule has 0 aromatic carbocycles. The highest BCUT2D eigenvalue weighted by molar-refractivity contribution is 6.74. The van der Waals surface area contributed by atoms with Crippen LogP contribution in [-0.2, 0) is 20.0 Å². The average Bonchev–Trinajstić information content (AvgIpc) is 3.20. The number of nitrogens with zero attached hydrogens (tertiary/aromatic N) is 3. The Hall–Kier alpha value is -1.85. The first-order chi connectivity index (χ1) is 19.1. The third kappa shape index (κ3) is 6.93. The molecule has 0 N–H and O–H groups in total. The highest BCUT2D eigenvalue weighted by Crippen LogP contribution is 2.52. The Morgan fingerprint density at radius 1 is 1.12 bits per heavy atom. The van der Waals surface area contributed by atoms with Crippen molar-refractivity contribution >= 4 is 36.8 Å². The van der Waals surface area contributed by atoms with Gasteiger partial charge in [-0.05, 0) is 75.4 Å². The molecule has 0 spiro atoms. The first-order valence-corrected chi connectivity index (χ1v) is 18.8. The van der Waals surface area contributed by atoms with Crippen LogP contribution in [-0.4, -0.2) is 65.6 Å². The van der Waals surface area contributed by atoms with Gasteiger partial charge in [-0.25, -0.2) is 9.78 Å². The number of aromatic nitrogens is 1. The lowest BCUT2D eigenvalue weighted by atomic mass is 9.62. The minimum absolute atomic E-state index is 0.0154. The molecule has 1 unspecified atom stereocenters. The molecule has 1 saturated heterocycles. The maximum absolute atomic E-state index is 13.0. The topological polar surface area (TPSA) is 64.1 Å². The Morgan fingerprint density at radius 2 is 1.74 bits per heavy atom. The summed E-state index contributed by atoms with van der Waals surface area (Å²) in [7, 11) is 1.50. The molecule has 7 nitrogen and oxygen atoms in total. The summed E-state index contributed by atoms with van der Waals surface area (Å²) in [6.45, 7) is 31.7. The fourth-order valence-electron chi connectivity index (χ4n) is 5.56. The number of carbonyl (C=O) groups excluding carboxylic acids is 1. The molecule has 9 heteroatoms. The summed E-state index contributed by atoms with van der Waals surface area (Å²) < 4.78 is 18.3. The smallest absolute Gasteiger partial charge is 0.410 e. The minimum atomic E-state index is -1.98. The second-order valence-electron chi connectivity index (χ2n) is 16.1. The van der Waals surface area contributed by atoms with Crippen LogP contribution < -0.4 is 4.90 Å². The molecule has 42 heavy (non-hydrogen) atoms. The zero-order chi connectivity index (χ0) is 32.1. The molecule has 1 aromatic heterocycles. The number of amides is 1. The zero-order valence-corrected chi connectivity index (χ0v) is 30.8. The van der Waals surface area contributed by atoms with Crippen molar-refractivity contribution in [1.82, 2.24) is 9.88 Å². The number of rotatable bonds is 8. The van der Waals surface area contributed by atoms with Gasteiger partial charge >= 0.3 is 6.09 Å². The molecule has 235 valence electrons. The Bertz CT molecular complexity index is 1170. The molecule has 0 saturated carbocycles. The van der Waals surface area contributed by atoms with Gasteiger partial charge in [-0.1, -0.05) is 61.8 Å². The Kier molecular flexibility index (Phi) is 9.83. The fourth-order valence-corrected chi connectivity index (χ4v) is 6.73. The van der Waals surface area contributed by atoms with Gasteiger partial charge in [0.1, 0.15) is 11.4 Å². The lowest BCUT2D eigenvalue weighted by Gasteiger charge is -2.46. The van der Waals surface area contributed by atoms with Crippen molar-refractivity contribution in [3.05, 3.63) is 29.1 Å². The van der Waals surface area contributed by atoms with E-state index in [4.69, 9.17) is 18.6 Å². The van der Waals surface area contributed by atoms with Crippen LogP contribution in [0.4, 0.5) is 10.6 Å². The summed E-state index contributed by atoms with van der Waals surface area (Å²) in [5, 5.41) is 0.101. The van der Waals surface area contributed by atoms with Gasteiger partial charge in [0.15, 0.2) is 0 Å². The first kappa shape index (κ1) is 34.6. The Balaban J connectivity index is 2.07. The van der Waals surface area contributed by atoms with Gasteiger partial charge in [0.05, 0.1) is 24.1 Å². The monoisotopic (exact) mass is 614 g/mol. The molecule has 0 bridgehead atoms. The highest BCUT2D eigenvalue weighted by Gasteiger charge is 2.46. The summed E-state index contributed by atoms with van der Waals surface area (Å²) in [6, 6.07) is 2.51. The lowest BCUT2D eigenvalue weighted by Crippen LogP contribution is -2.58. The van der Waals surface area contributed by atoms with Gasteiger partial charge in [-0.2, -0.15) is 0 Å². The predicted molar refractivity (Wildman–Crippen MR) is 176 cm³/mol. The van der Waals surface area contributed by atoms with Gasteiger partial charge in [0.25, 0.3) is 0 Å². The SMILES string of the molecule is CCC(C)(C)C(C)(C)C(O[Si])c1nc2c(cc1C=CO[Si](C)(C)C(C)(C)C)C[C@@H]1CN(C(=O)OC(C)(C)C)C[C@@H](C)N21. The summed E-state index contributed by atoms with van der Waals surface area (Å²) in [6.07, 6.45) is 5.22. The van der Waals surface area contributed by atoms with E-state index in [1.54, 1.807) is 0 Å². The van der Waals surface area contributed by atoms with Crippen LogP contribution >= 0.6 is 0 Å². The van der Waals surface area contributed by atoms with E-state index in [1.165, 1.54) is 5.56 Å². The highest BCUT2D eigenvalue weighted by atomic mass is 28.4. The maximum atomic E-state index is 13.0. The van der Waals surface area contributed by atoms with Crippen molar-refractivity contribution < 1.29 is 18.4 Å². The fraction of sp³-hybridized carbons (Fsp3) is 0.758. The summed E-state index contributed by atoms with van der Waals surface area (Å²) in [4.78, 5) is 22.7. The minimum Gasteiger partial charge on any atom is -0.549 e. The van der Waals surface area contributed by atoms with E-state index in [9.17, 15) is 4.79 Å². The van der Waals surface area contributed by atoms with Crippen LogP contribution in [0.5, 0.6) is 0 Å². The second kappa shape index (κ2) is 11.9. The van der Waals surface area contributed by atoms with E-state index >= 15 is 0 Å². The third-order valence-electron chi connectivity index (χ3n) is 10.3. The molecular weight excluding hydrogens is 559 g/mol. The third-order valence-corrected chi connectivity index (χ3v) is 14.9. The number of carbonyl (C=O) groups is 1. The Morgan fingerprint density at radius 3 is 2.26 bits per heavy atom. The van der Waals surface area contributed by atoms with Crippen molar-refractivity contribution in [2.75, 3.05) is 18.0 Å². The van der Waals surface area contributed by atoms with E-state index in [1.807, 2.05) is 31.9 Å². The largest absolute Gasteiger partial charge is 0.549 e. The summed E-state index contributed by atoms with van der Waals surface area (Å²) >= 11 is 0. The van der Waals surface area contributed by atoms with Gasteiger partial charge in [-0.15, -0.1) is 0 Å². The second-order valence-corrected chi connectivity index (χ2v) is 21.1. The molecular formula is C33H56N3O4Si2. The predicted octanol–water partition coefficient (Wildman–Crippen LogP) is 8.05. The number of piperazine rings is 1. The van der Waals surface area contributed by atoms with Gasteiger partial charge in [0, 0.05) is 30.1 Å². The molecule has 1 amide bonds. The normalized spacial score (nSPS) is 20.9. The van der Waals surface area contributed by atoms with Crippen molar-refractivity contribution in [3.63, 3.8) is 0 Å². The van der Waals surface area contributed by atoms with Crippen LogP contribution in [0, 0.1) is 10.8 Å². The van der Waals surface area contributed by atoms with Crippen LogP contribution in [0.3, 0.4) is 0 Å². The van der Waals surface area contributed by atoms with Crippen molar-refractivity contribution in [1.29, 1.82) is 0 Å². The van der Waals surface area contributed by atoms with Crippen LogP contribution in [0.15, 0.2) is 12.3 Å². The molecule has 1 fully saturated rings. The molecule has 3 heterocycles. The van der Waals surface area contributed by atoms with Crippen molar-refractivity contribution in [2.24, 2.45) is 10.8 Å². The zero-order valence-electron chi connectivity index (χ0n) is 28.8. The van der Waals surface area contributed by atoms with E-state index in [-0.39, 0.29) is 40.1 Å². The summed E-state index contributed by atoms with van der Waals surface area (Å²) in [5.41, 5.74) is 2.31. The first-order valence-electron chi connectivity index (χ1n) is 15.5. The van der Waals surface area contributed by atoms with Crippen LogP contribution in [0.1, 0.15) is 112 Å². The number of pyridine rings is 1. The number of ether oxygens (including phenoxy) is 1. The molecule has 1 aromatic rings. The van der Waals surface area contributed by atoms with E-state index in [0.717, 1.165) is 29.9 Å². The van der Waals surface area contributed by atoms with Crippen LogP contribution in [0.25, 0.3) is 6.08 Å². The molecule has 3 radical (unpaired) electrons. The number of hydrogen-bond acceptors (Lipinski definition) is 6. The summed E-state index contributed by atoms with van der Waals surface area (Å²) in [5.74, 6) is 0.993. The quantitative estimate of drug-likeness (QED) is 0.218. The number of fused-ring (bicyclic) bond motifs is 3. The van der Waals surface area contributed by atoms with E-state index in [2.05, 4.69) is 103 Å². The lowest BCUT2D eigenvalue weighted by molar-refractivity contribution is -0.0232. The molecule has 3 rings (SSSR count). The molecule has 2 aliphatic rings. The van der Waals surface area contributed by atoms with Crippen LogP contribution in [0.2, 0.25) is 18.1 Å². The van der Waals surface area contributed by atoms with Gasteiger partial charge < -0.3 is 23.4 Å². The van der Waals surface area contributed by atoms with Crippen molar-refractivity contribution in [3.8, 4) is 0 Å². The number of anilines is 1. The van der Waals surface area contributed by atoms with Gasteiger partial charge in [-0.3, -0.25) is 0 Å². The van der Waals surface area contributed by atoms with Gasteiger partial charge in [0.2, 0.25) is 18.8 Å². The maximum Gasteiger partial charge on any atom is 0.410 e.